The molecule has 2 heterocycles. The second kappa shape index (κ2) is 15.1. The lowest BCUT2D eigenvalue weighted by Gasteiger charge is -2.35. The Morgan fingerprint density at radius 3 is 1.66 bits per heavy atom. The van der Waals surface area contributed by atoms with Crippen LogP contribution in [-0.4, -0.2) is 0 Å². The number of anilines is 3. The lowest BCUT2D eigenvalue weighted by Crippen LogP contribution is -2.28. The Morgan fingerprint density at radius 1 is 0.309 bits per heavy atom. The van der Waals surface area contributed by atoms with Gasteiger partial charge in [0.25, 0.3) is 0 Å². The SMILES string of the molecule is c1ccc(-c2ccc(N(c3ccc4c(c3)C(c3ccccc3)(c3ccccc3)c3ccccc3-4)c3ccc4oc5c(-c6cccc7c6oc6ccccc67)c6ccccc6cc5c4c3)cc2)cc1. The van der Waals surface area contributed by atoms with Crippen molar-refractivity contribution in [1.82, 2.24) is 0 Å². The molecule has 3 heteroatoms. The van der Waals surface area contributed by atoms with Crippen LogP contribution in [0.4, 0.5) is 17.1 Å². The highest BCUT2D eigenvalue weighted by atomic mass is 16.3. The van der Waals surface area contributed by atoms with Crippen molar-refractivity contribution >= 4 is 71.7 Å². The largest absolute Gasteiger partial charge is 0.455 e. The molecule has 0 amide bonds. The van der Waals surface area contributed by atoms with Crippen LogP contribution in [0, 0.1) is 0 Å². The van der Waals surface area contributed by atoms with Gasteiger partial charge < -0.3 is 13.7 Å². The number of nitrogens with zero attached hydrogens (tertiary/aromatic N) is 1. The van der Waals surface area contributed by atoms with E-state index in [2.05, 4.69) is 241 Å². The summed E-state index contributed by atoms with van der Waals surface area (Å²) < 4.78 is 13.7. The molecule has 0 saturated heterocycles. The number of furan rings is 2. The smallest absolute Gasteiger partial charge is 0.144 e. The van der Waals surface area contributed by atoms with Crippen molar-refractivity contribution < 1.29 is 8.83 Å². The maximum absolute atomic E-state index is 7.04. The number of benzene rings is 11. The van der Waals surface area contributed by atoms with E-state index in [1.165, 1.54) is 44.5 Å². The predicted molar refractivity (Wildman–Crippen MR) is 281 cm³/mol. The summed E-state index contributed by atoms with van der Waals surface area (Å²) in [6, 6.07) is 90.0. The maximum Gasteiger partial charge on any atom is 0.144 e. The van der Waals surface area contributed by atoms with Crippen LogP contribution >= 0.6 is 0 Å². The Balaban J connectivity index is 1.01. The fourth-order valence-corrected chi connectivity index (χ4v) is 11.4. The highest BCUT2D eigenvalue weighted by Crippen LogP contribution is 2.57. The van der Waals surface area contributed by atoms with Crippen molar-refractivity contribution in [1.29, 1.82) is 0 Å². The summed E-state index contributed by atoms with van der Waals surface area (Å²) in [5.41, 5.74) is 17.9. The third-order valence-corrected chi connectivity index (χ3v) is 14.3. The third-order valence-electron chi connectivity index (χ3n) is 14.3. The van der Waals surface area contributed by atoms with Gasteiger partial charge in [0.05, 0.1) is 5.41 Å². The molecular formula is C65H41NO2. The van der Waals surface area contributed by atoms with Crippen LogP contribution in [0.2, 0.25) is 0 Å². The van der Waals surface area contributed by atoms with E-state index in [4.69, 9.17) is 8.83 Å². The van der Waals surface area contributed by atoms with Crippen molar-refractivity contribution in [2.24, 2.45) is 0 Å². The van der Waals surface area contributed by atoms with Gasteiger partial charge in [0, 0.05) is 49.7 Å². The second-order valence-corrected chi connectivity index (χ2v) is 17.9. The average molecular weight is 868 g/mol. The summed E-state index contributed by atoms with van der Waals surface area (Å²) in [6.45, 7) is 0. The lowest BCUT2D eigenvalue weighted by atomic mass is 9.67. The van der Waals surface area contributed by atoms with Crippen LogP contribution in [0.15, 0.2) is 258 Å². The first-order valence-electron chi connectivity index (χ1n) is 23.3. The van der Waals surface area contributed by atoms with Crippen LogP contribution in [0.25, 0.3) is 88.0 Å². The molecule has 0 saturated carbocycles. The quantitative estimate of drug-likeness (QED) is 0.160. The van der Waals surface area contributed by atoms with E-state index in [0.29, 0.717) is 0 Å². The second-order valence-electron chi connectivity index (χ2n) is 17.9. The minimum Gasteiger partial charge on any atom is -0.455 e. The van der Waals surface area contributed by atoms with Gasteiger partial charge in [0.2, 0.25) is 0 Å². The van der Waals surface area contributed by atoms with E-state index in [0.717, 1.165) is 82.8 Å². The summed E-state index contributed by atoms with van der Waals surface area (Å²) in [4.78, 5) is 2.41. The molecule has 0 aliphatic heterocycles. The van der Waals surface area contributed by atoms with Gasteiger partial charge in [-0.05, 0) is 110 Å². The third kappa shape index (κ3) is 5.66. The zero-order chi connectivity index (χ0) is 44.8. The summed E-state index contributed by atoms with van der Waals surface area (Å²) in [5.74, 6) is 0. The summed E-state index contributed by atoms with van der Waals surface area (Å²) in [7, 11) is 0. The average Bonchev–Trinajstić information content (AvgIpc) is 4.07. The lowest BCUT2D eigenvalue weighted by molar-refractivity contribution is 0.665. The first-order valence-corrected chi connectivity index (χ1v) is 23.3. The number of hydrogen-bond acceptors (Lipinski definition) is 3. The molecule has 3 nitrogen and oxygen atoms in total. The van der Waals surface area contributed by atoms with Gasteiger partial charge in [-0.1, -0.05) is 194 Å². The van der Waals surface area contributed by atoms with Gasteiger partial charge in [-0.15, -0.1) is 0 Å². The standard InChI is InChI=1S/C65H41NO2/c1-4-17-42(18-5-1)43-31-33-47(34-32-43)66(49-35-37-52-51-25-12-14-29-58(51)65(59(52)41-49,45-20-6-2-7-21-45)46-22-8-3-9-23-46)48-36-38-61-56(40-48)57-39-44-19-10-11-24-50(44)62(64(57)68-61)55-28-16-27-54-53-26-13-15-30-60(53)67-63(54)55/h1-41H. The molecule has 0 radical (unpaired) electrons. The van der Waals surface area contributed by atoms with Crippen LogP contribution in [0.3, 0.4) is 0 Å². The van der Waals surface area contributed by atoms with Crippen LogP contribution in [0.5, 0.6) is 0 Å². The van der Waals surface area contributed by atoms with E-state index < -0.39 is 5.41 Å². The van der Waals surface area contributed by atoms with Crippen molar-refractivity contribution in [3.8, 4) is 33.4 Å². The summed E-state index contributed by atoms with van der Waals surface area (Å²) in [6.07, 6.45) is 0. The molecule has 13 aromatic rings. The van der Waals surface area contributed by atoms with Crippen molar-refractivity contribution in [2.75, 3.05) is 4.90 Å². The number of hydrogen-bond donors (Lipinski definition) is 0. The Hall–Kier alpha value is -8.92. The van der Waals surface area contributed by atoms with Crippen LogP contribution in [0.1, 0.15) is 22.3 Å². The number of rotatable bonds is 7. The molecule has 68 heavy (non-hydrogen) atoms. The summed E-state index contributed by atoms with van der Waals surface area (Å²) in [5, 5.41) is 6.55. The molecule has 0 spiro atoms. The van der Waals surface area contributed by atoms with Gasteiger partial charge in [0.15, 0.2) is 0 Å². The Kier molecular flexibility index (Phi) is 8.50. The Bertz CT molecular complexity index is 4030. The van der Waals surface area contributed by atoms with Gasteiger partial charge in [-0.25, -0.2) is 0 Å². The van der Waals surface area contributed by atoms with E-state index in [9.17, 15) is 0 Å². The van der Waals surface area contributed by atoms with E-state index in [1.54, 1.807) is 0 Å². The van der Waals surface area contributed by atoms with E-state index >= 15 is 0 Å². The Morgan fingerprint density at radius 2 is 0.868 bits per heavy atom. The van der Waals surface area contributed by atoms with Gasteiger partial charge in [-0.2, -0.15) is 0 Å². The zero-order valence-electron chi connectivity index (χ0n) is 36.9. The van der Waals surface area contributed by atoms with Gasteiger partial charge in [-0.3, -0.25) is 0 Å². The minimum absolute atomic E-state index is 0.543. The Labute approximate surface area is 393 Å². The molecule has 14 rings (SSSR count). The molecule has 1 aliphatic rings. The van der Waals surface area contributed by atoms with Crippen LogP contribution in [-0.2, 0) is 5.41 Å². The first-order chi connectivity index (χ1) is 33.7. The highest BCUT2D eigenvalue weighted by molar-refractivity contribution is 6.22. The monoisotopic (exact) mass is 867 g/mol. The molecule has 0 fully saturated rings. The molecule has 0 unspecified atom stereocenters. The topological polar surface area (TPSA) is 29.5 Å². The minimum atomic E-state index is -0.543. The molecule has 0 N–H and O–H groups in total. The zero-order valence-corrected chi connectivity index (χ0v) is 36.9. The molecule has 11 aromatic carbocycles. The van der Waals surface area contributed by atoms with E-state index in [1.807, 2.05) is 12.1 Å². The normalized spacial score (nSPS) is 12.8. The number of para-hydroxylation sites is 2. The van der Waals surface area contributed by atoms with Crippen LogP contribution < -0.4 is 4.90 Å². The van der Waals surface area contributed by atoms with Gasteiger partial charge >= 0.3 is 0 Å². The van der Waals surface area contributed by atoms with Gasteiger partial charge in [0.1, 0.15) is 22.3 Å². The molecular weight excluding hydrogens is 827 g/mol. The first kappa shape index (κ1) is 38.4. The maximum atomic E-state index is 7.04. The van der Waals surface area contributed by atoms with E-state index in [-0.39, 0.29) is 0 Å². The highest BCUT2D eigenvalue weighted by Gasteiger charge is 2.46. The molecule has 2 aromatic heterocycles. The predicted octanol–water partition coefficient (Wildman–Crippen LogP) is 17.8. The van der Waals surface area contributed by atoms with Crippen molar-refractivity contribution in [3.63, 3.8) is 0 Å². The van der Waals surface area contributed by atoms with Crippen molar-refractivity contribution in [3.05, 3.63) is 271 Å². The fraction of sp³-hybridized carbons (Fsp3) is 0.0154. The summed E-state index contributed by atoms with van der Waals surface area (Å²) >= 11 is 0. The fourth-order valence-electron chi connectivity index (χ4n) is 11.4. The molecule has 1 aliphatic carbocycles. The molecule has 318 valence electrons. The molecule has 0 bridgehead atoms. The molecule has 0 atom stereocenters. The number of fused-ring (bicyclic) bond motifs is 10. The van der Waals surface area contributed by atoms with Crippen molar-refractivity contribution in [2.45, 2.75) is 5.41 Å².